The van der Waals surface area contributed by atoms with Gasteiger partial charge in [-0.15, -0.1) is 0 Å². The highest BCUT2D eigenvalue weighted by atomic mass is 35.5. The van der Waals surface area contributed by atoms with Crippen molar-refractivity contribution in [2.45, 2.75) is 16.6 Å². The van der Waals surface area contributed by atoms with E-state index in [0.29, 0.717) is 6.61 Å². The fraction of sp³-hybridized carbons (Fsp3) is 0.357. The van der Waals surface area contributed by atoms with Crippen LogP contribution < -0.4 is 5.32 Å². The normalized spacial score (nSPS) is 10.9. The average molecular weight is 312 g/mol. The molecule has 0 fully saturated rings. The second-order valence-electron chi connectivity index (χ2n) is 4.34. The molecule has 0 aliphatic carbocycles. The quantitative estimate of drug-likeness (QED) is 0.798. The molecule has 6 heteroatoms. The Morgan fingerprint density at radius 1 is 1.45 bits per heavy atom. The van der Waals surface area contributed by atoms with Gasteiger partial charge < -0.3 is 14.6 Å². The predicted molar refractivity (Wildman–Crippen MR) is 82.4 cm³/mol. The SMILES string of the molecule is COCCNCc1cc(Cl)ccc1Sc1nccn1C. The van der Waals surface area contributed by atoms with Gasteiger partial charge in [0.05, 0.1) is 6.61 Å². The highest BCUT2D eigenvalue weighted by Crippen LogP contribution is 2.30. The molecule has 20 heavy (non-hydrogen) atoms. The van der Waals surface area contributed by atoms with E-state index in [1.165, 1.54) is 5.56 Å². The van der Waals surface area contributed by atoms with Gasteiger partial charge in [0.2, 0.25) is 0 Å². The first-order valence-electron chi connectivity index (χ1n) is 6.34. The summed E-state index contributed by atoms with van der Waals surface area (Å²) in [4.78, 5) is 5.50. The summed E-state index contributed by atoms with van der Waals surface area (Å²) >= 11 is 7.73. The summed E-state index contributed by atoms with van der Waals surface area (Å²) in [5, 5.41) is 5.05. The van der Waals surface area contributed by atoms with Crippen LogP contribution in [0.3, 0.4) is 0 Å². The van der Waals surface area contributed by atoms with Crippen molar-refractivity contribution in [1.82, 2.24) is 14.9 Å². The summed E-state index contributed by atoms with van der Waals surface area (Å²) in [6.45, 7) is 2.27. The summed E-state index contributed by atoms with van der Waals surface area (Å²) in [5.41, 5.74) is 1.17. The lowest BCUT2D eigenvalue weighted by atomic mass is 10.2. The van der Waals surface area contributed by atoms with Gasteiger partial charge in [0.25, 0.3) is 0 Å². The number of aromatic nitrogens is 2. The van der Waals surface area contributed by atoms with Crippen LogP contribution in [0.15, 0.2) is 40.6 Å². The van der Waals surface area contributed by atoms with Crippen molar-refractivity contribution in [3.8, 4) is 0 Å². The van der Waals surface area contributed by atoms with Crippen LogP contribution in [-0.4, -0.2) is 29.8 Å². The zero-order valence-electron chi connectivity index (χ0n) is 11.6. The molecule has 1 aromatic heterocycles. The molecule has 108 valence electrons. The lowest BCUT2D eigenvalue weighted by Crippen LogP contribution is -2.18. The molecule has 2 rings (SSSR count). The number of hydrogen-bond acceptors (Lipinski definition) is 4. The molecule has 0 aliphatic rings. The first-order chi connectivity index (χ1) is 9.70. The van der Waals surface area contributed by atoms with E-state index in [4.69, 9.17) is 16.3 Å². The Hall–Kier alpha value is -1.01. The molecule has 0 aliphatic heterocycles. The van der Waals surface area contributed by atoms with Crippen molar-refractivity contribution in [2.75, 3.05) is 20.3 Å². The van der Waals surface area contributed by atoms with Crippen LogP contribution in [0.1, 0.15) is 5.56 Å². The summed E-state index contributed by atoms with van der Waals surface area (Å²) in [6, 6.07) is 5.94. The van der Waals surface area contributed by atoms with Crippen molar-refractivity contribution >= 4 is 23.4 Å². The van der Waals surface area contributed by atoms with Gasteiger partial charge in [-0.05, 0) is 23.8 Å². The van der Waals surface area contributed by atoms with Gasteiger partial charge >= 0.3 is 0 Å². The van der Waals surface area contributed by atoms with Crippen LogP contribution in [0, 0.1) is 0 Å². The summed E-state index contributed by atoms with van der Waals surface area (Å²) in [6.07, 6.45) is 3.74. The van der Waals surface area contributed by atoms with Gasteiger partial charge in [0.15, 0.2) is 5.16 Å². The second kappa shape index (κ2) is 7.69. The minimum Gasteiger partial charge on any atom is -0.383 e. The number of hydrogen-bond donors (Lipinski definition) is 1. The van der Waals surface area contributed by atoms with Crippen LogP contribution in [0.25, 0.3) is 0 Å². The number of aryl methyl sites for hydroxylation is 1. The largest absolute Gasteiger partial charge is 0.383 e. The molecular formula is C14H18ClN3OS. The Morgan fingerprint density at radius 3 is 3.00 bits per heavy atom. The molecule has 1 aromatic carbocycles. The fourth-order valence-corrected chi connectivity index (χ4v) is 2.84. The summed E-state index contributed by atoms with van der Waals surface area (Å²) < 4.78 is 7.03. The van der Waals surface area contributed by atoms with E-state index >= 15 is 0 Å². The minimum absolute atomic E-state index is 0.697. The van der Waals surface area contributed by atoms with Crippen LogP contribution in [-0.2, 0) is 18.3 Å². The van der Waals surface area contributed by atoms with Gasteiger partial charge in [-0.1, -0.05) is 23.4 Å². The van der Waals surface area contributed by atoms with E-state index < -0.39 is 0 Å². The topological polar surface area (TPSA) is 39.1 Å². The number of nitrogens with one attached hydrogen (secondary N) is 1. The molecule has 1 N–H and O–H groups in total. The Bertz CT molecular complexity index is 559. The molecule has 0 saturated heterocycles. The number of nitrogens with zero attached hydrogens (tertiary/aromatic N) is 2. The van der Waals surface area contributed by atoms with Crippen molar-refractivity contribution in [3.63, 3.8) is 0 Å². The zero-order valence-corrected chi connectivity index (χ0v) is 13.2. The highest BCUT2D eigenvalue weighted by Gasteiger charge is 2.08. The van der Waals surface area contributed by atoms with Crippen LogP contribution in [0.2, 0.25) is 5.02 Å². The van der Waals surface area contributed by atoms with Crippen molar-refractivity contribution in [3.05, 3.63) is 41.2 Å². The maximum atomic E-state index is 6.09. The average Bonchev–Trinajstić information content (AvgIpc) is 2.83. The molecule has 0 bridgehead atoms. The molecule has 0 spiro atoms. The monoisotopic (exact) mass is 311 g/mol. The first kappa shape index (κ1) is 15.4. The van der Waals surface area contributed by atoms with E-state index in [2.05, 4.69) is 10.3 Å². The smallest absolute Gasteiger partial charge is 0.172 e. The number of benzene rings is 1. The lowest BCUT2D eigenvalue weighted by molar-refractivity contribution is 0.199. The number of imidazole rings is 1. The summed E-state index contributed by atoms with van der Waals surface area (Å²) in [5.74, 6) is 0. The minimum atomic E-state index is 0.697. The standard InChI is InChI=1S/C14H18ClN3OS/c1-18-7-5-17-14(18)20-13-4-3-12(15)9-11(13)10-16-6-8-19-2/h3-5,7,9,16H,6,8,10H2,1-2H3. The third-order valence-electron chi connectivity index (χ3n) is 2.80. The molecule has 0 radical (unpaired) electrons. The number of methoxy groups -OCH3 is 1. The van der Waals surface area contributed by atoms with Gasteiger partial charge in [-0.3, -0.25) is 0 Å². The van der Waals surface area contributed by atoms with Crippen molar-refractivity contribution in [1.29, 1.82) is 0 Å². The van der Waals surface area contributed by atoms with E-state index in [9.17, 15) is 0 Å². The van der Waals surface area contributed by atoms with Gasteiger partial charge in [-0.2, -0.15) is 0 Å². The zero-order chi connectivity index (χ0) is 14.4. The van der Waals surface area contributed by atoms with E-state index in [0.717, 1.165) is 28.2 Å². The van der Waals surface area contributed by atoms with Crippen LogP contribution >= 0.6 is 23.4 Å². The molecule has 1 heterocycles. The number of rotatable bonds is 7. The maximum Gasteiger partial charge on any atom is 0.172 e. The molecular weight excluding hydrogens is 294 g/mol. The highest BCUT2D eigenvalue weighted by molar-refractivity contribution is 7.99. The number of halogens is 1. The van der Waals surface area contributed by atoms with E-state index in [-0.39, 0.29) is 0 Å². The molecule has 0 unspecified atom stereocenters. The van der Waals surface area contributed by atoms with Crippen molar-refractivity contribution in [2.24, 2.45) is 7.05 Å². The van der Waals surface area contributed by atoms with Crippen LogP contribution in [0.5, 0.6) is 0 Å². The van der Waals surface area contributed by atoms with Crippen LogP contribution in [0.4, 0.5) is 0 Å². The van der Waals surface area contributed by atoms with E-state index in [1.54, 1.807) is 25.1 Å². The van der Waals surface area contributed by atoms with Gasteiger partial charge in [-0.25, -0.2) is 4.98 Å². The maximum absolute atomic E-state index is 6.09. The second-order valence-corrected chi connectivity index (χ2v) is 5.79. The predicted octanol–water partition coefficient (Wildman–Crippen LogP) is 2.96. The molecule has 0 atom stereocenters. The summed E-state index contributed by atoms with van der Waals surface area (Å²) in [7, 11) is 3.69. The Labute approximate surface area is 128 Å². The van der Waals surface area contributed by atoms with Crippen molar-refractivity contribution < 1.29 is 4.74 Å². The lowest BCUT2D eigenvalue weighted by Gasteiger charge is -2.10. The van der Waals surface area contributed by atoms with E-state index in [1.807, 2.05) is 36.0 Å². The molecule has 4 nitrogen and oxygen atoms in total. The fourth-order valence-electron chi connectivity index (χ4n) is 1.73. The first-order valence-corrected chi connectivity index (χ1v) is 7.53. The van der Waals surface area contributed by atoms with Gasteiger partial charge in [0, 0.05) is 49.6 Å². The number of ether oxygens (including phenoxy) is 1. The third kappa shape index (κ3) is 4.24. The third-order valence-corrected chi connectivity index (χ3v) is 4.23. The molecule has 2 aromatic rings. The van der Waals surface area contributed by atoms with Gasteiger partial charge in [0.1, 0.15) is 0 Å². The molecule has 0 amide bonds. The Kier molecular flexibility index (Phi) is 5.91. The molecule has 0 saturated carbocycles. The Balaban J connectivity index is 2.09. The Morgan fingerprint density at radius 2 is 2.30 bits per heavy atom.